The van der Waals surface area contributed by atoms with Gasteiger partial charge in [-0.25, -0.2) is 0 Å². The summed E-state index contributed by atoms with van der Waals surface area (Å²) in [5, 5.41) is 3.40. The van der Waals surface area contributed by atoms with E-state index in [0.717, 1.165) is 29.9 Å². The molecule has 0 amide bonds. The van der Waals surface area contributed by atoms with Crippen LogP contribution in [0.3, 0.4) is 0 Å². The van der Waals surface area contributed by atoms with E-state index in [4.69, 9.17) is 4.74 Å². The zero-order chi connectivity index (χ0) is 11.4. The SMILES string of the molecule is Cc1ccc(OC[C@@H]2CCCNC2)c(Br)c1. The van der Waals surface area contributed by atoms with Crippen molar-refractivity contribution in [1.82, 2.24) is 5.32 Å². The average Bonchev–Trinajstić information content (AvgIpc) is 2.29. The Balaban J connectivity index is 1.88. The van der Waals surface area contributed by atoms with Crippen LogP contribution in [0.25, 0.3) is 0 Å². The summed E-state index contributed by atoms with van der Waals surface area (Å²) in [4.78, 5) is 0. The van der Waals surface area contributed by atoms with Gasteiger partial charge in [-0.15, -0.1) is 0 Å². The second-order valence-corrected chi connectivity index (χ2v) is 5.31. The van der Waals surface area contributed by atoms with Gasteiger partial charge in [0.25, 0.3) is 0 Å². The Morgan fingerprint density at radius 3 is 3.06 bits per heavy atom. The Hall–Kier alpha value is -0.540. The molecule has 2 nitrogen and oxygen atoms in total. The molecule has 1 fully saturated rings. The van der Waals surface area contributed by atoms with Gasteiger partial charge in [-0.2, -0.15) is 0 Å². The van der Waals surface area contributed by atoms with Crippen molar-refractivity contribution >= 4 is 15.9 Å². The van der Waals surface area contributed by atoms with Gasteiger partial charge in [-0.1, -0.05) is 6.07 Å². The number of halogens is 1. The smallest absolute Gasteiger partial charge is 0.133 e. The van der Waals surface area contributed by atoms with Gasteiger partial charge in [-0.05, 0) is 59.9 Å². The standard InChI is InChI=1S/C13H18BrNO/c1-10-4-5-13(12(14)7-10)16-9-11-3-2-6-15-8-11/h4-5,7,11,15H,2-3,6,8-9H2,1H3/t11-/m1/s1. The van der Waals surface area contributed by atoms with Crippen molar-refractivity contribution < 1.29 is 4.74 Å². The molecule has 3 heteroatoms. The maximum absolute atomic E-state index is 5.84. The van der Waals surface area contributed by atoms with Gasteiger partial charge in [-0.3, -0.25) is 0 Å². The van der Waals surface area contributed by atoms with Crippen LogP contribution in [0.15, 0.2) is 22.7 Å². The van der Waals surface area contributed by atoms with Crippen LogP contribution in [0.4, 0.5) is 0 Å². The number of benzene rings is 1. The lowest BCUT2D eigenvalue weighted by Gasteiger charge is -2.23. The van der Waals surface area contributed by atoms with Crippen LogP contribution in [0.2, 0.25) is 0 Å². The monoisotopic (exact) mass is 283 g/mol. The van der Waals surface area contributed by atoms with Crippen molar-refractivity contribution in [2.24, 2.45) is 5.92 Å². The summed E-state index contributed by atoms with van der Waals surface area (Å²) in [5.74, 6) is 1.61. The van der Waals surface area contributed by atoms with Crippen molar-refractivity contribution in [3.05, 3.63) is 28.2 Å². The van der Waals surface area contributed by atoms with Gasteiger partial charge in [0.15, 0.2) is 0 Å². The van der Waals surface area contributed by atoms with Crippen molar-refractivity contribution in [1.29, 1.82) is 0 Å². The largest absolute Gasteiger partial charge is 0.492 e. The number of aryl methyl sites for hydroxylation is 1. The highest BCUT2D eigenvalue weighted by Gasteiger charge is 2.14. The number of hydrogen-bond donors (Lipinski definition) is 1. The number of nitrogens with one attached hydrogen (secondary N) is 1. The zero-order valence-corrected chi connectivity index (χ0v) is 11.2. The summed E-state index contributed by atoms with van der Waals surface area (Å²) >= 11 is 3.53. The minimum Gasteiger partial charge on any atom is -0.492 e. The van der Waals surface area contributed by atoms with Gasteiger partial charge < -0.3 is 10.1 Å². The predicted molar refractivity (Wildman–Crippen MR) is 70.0 cm³/mol. The molecule has 1 saturated heterocycles. The van der Waals surface area contributed by atoms with Crippen LogP contribution in [0.5, 0.6) is 5.75 Å². The second-order valence-electron chi connectivity index (χ2n) is 4.46. The molecule has 1 atom stereocenters. The predicted octanol–water partition coefficient (Wildman–Crippen LogP) is 3.14. The summed E-state index contributed by atoms with van der Waals surface area (Å²) in [5.41, 5.74) is 1.25. The minimum absolute atomic E-state index is 0.655. The molecule has 2 rings (SSSR count). The van der Waals surface area contributed by atoms with Crippen molar-refractivity contribution in [3.63, 3.8) is 0 Å². The summed E-state index contributed by atoms with van der Waals surface area (Å²) in [7, 11) is 0. The third kappa shape index (κ3) is 3.22. The molecule has 16 heavy (non-hydrogen) atoms. The Morgan fingerprint density at radius 2 is 2.38 bits per heavy atom. The summed E-state index contributed by atoms with van der Waals surface area (Å²) < 4.78 is 6.90. The molecular weight excluding hydrogens is 266 g/mol. The molecule has 0 unspecified atom stereocenters. The van der Waals surface area contributed by atoms with Crippen LogP contribution in [0.1, 0.15) is 18.4 Å². The van der Waals surface area contributed by atoms with E-state index in [1.165, 1.54) is 18.4 Å². The van der Waals surface area contributed by atoms with E-state index in [1.54, 1.807) is 0 Å². The highest BCUT2D eigenvalue weighted by Crippen LogP contribution is 2.26. The topological polar surface area (TPSA) is 21.3 Å². The molecule has 0 spiro atoms. The fourth-order valence-corrected chi connectivity index (χ4v) is 2.60. The van der Waals surface area contributed by atoms with E-state index < -0.39 is 0 Å². The molecule has 0 saturated carbocycles. The Morgan fingerprint density at radius 1 is 1.50 bits per heavy atom. The van der Waals surface area contributed by atoms with Crippen molar-refractivity contribution in [2.45, 2.75) is 19.8 Å². The number of rotatable bonds is 3. The van der Waals surface area contributed by atoms with Gasteiger partial charge >= 0.3 is 0 Å². The van der Waals surface area contributed by atoms with Crippen LogP contribution in [-0.4, -0.2) is 19.7 Å². The molecule has 0 aliphatic carbocycles. The molecule has 1 N–H and O–H groups in total. The Kier molecular flexibility index (Phi) is 4.24. The summed E-state index contributed by atoms with van der Waals surface area (Å²) in [6.45, 7) is 5.14. The van der Waals surface area contributed by atoms with Gasteiger partial charge in [0, 0.05) is 12.5 Å². The molecule has 0 bridgehead atoms. The number of ether oxygens (including phenoxy) is 1. The highest BCUT2D eigenvalue weighted by atomic mass is 79.9. The quantitative estimate of drug-likeness (QED) is 0.920. The van der Waals surface area contributed by atoms with Crippen molar-refractivity contribution in [2.75, 3.05) is 19.7 Å². The maximum atomic E-state index is 5.84. The van der Waals surface area contributed by atoms with Crippen LogP contribution >= 0.6 is 15.9 Å². The van der Waals surface area contributed by atoms with E-state index in [1.807, 2.05) is 6.07 Å². The summed E-state index contributed by atoms with van der Waals surface area (Å²) in [6, 6.07) is 6.21. The molecule has 1 aliphatic heterocycles. The third-order valence-corrected chi connectivity index (χ3v) is 3.58. The van der Waals surface area contributed by atoms with E-state index in [-0.39, 0.29) is 0 Å². The number of hydrogen-bond acceptors (Lipinski definition) is 2. The van der Waals surface area contributed by atoms with Gasteiger partial charge in [0.05, 0.1) is 11.1 Å². The molecule has 1 aromatic carbocycles. The normalized spacial score (nSPS) is 20.8. The molecular formula is C13H18BrNO. The molecule has 0 aromatic heterocycles. The van der Waals surface area contributed by atoms with Gasteiger partial charge in [0.1, 0.15) is 5.75 Å². The lowest BCUT2D eigenvalue weighted by atomic mass is 10.0. The number of piperidine rings is 1. The Bertz CT molecular complexity index is 348. The summed E-state index contributed by atoms with van der Waals surface area (Å²) in [6.07, 6.45) is 2.54. The third-order valence-electron chi connectivity index (χ3n) is 2.96. The first-order valence-electron chi connectivity index (χ1n) is 5.85. The van der Waals surface area contributed by atoms with Crippen molar-refractivity contribution in [3.8, 4) is 5.75 Å². The molecule has 1 heterocycles. The lowest BCUT2D eigenvalue weighted by molar-refractivity contribution is 0.217. The lowest BCUT2D eigenvalue weighted by Crippen LogP contribution is -2.33. The van der Waals surface area contributed by atoms with Gasteiger partial charge in [0.2, 0.25) is 0 Å². The highest BCUT2D eigenvalue weighted by molar-refractivity contribution is 9.10. The Labute approximate surface area is 106 Å². The fourth-order valence-electron chi connectivity index (χ4n) is 2.00. The van der Waals surface area contributed by atoms with E-state index in [0.29, 0.717) is 5.92 Å². The maximum Gasteiger partial charge on any atom is 0.133 e. The molecule has 88 valence electrons. The van der Waals surface area contributed by atoms with E-state index >= 15 is 0 Å². The fraction of sp³-hybridized carbons (Fsp3) is 0.538. The minimum atomic E-state index is 0.655. The second kappa shape index (κ2) is 5.69. The molecule has 1 aromatic rings. The van der Waals surface area contributed by atoms with E-state index in [2.05, 4.69) is 40.3 Å². The van der Waals surface area contributed by atoms with Crippen LogP contribution in [0, 0.1) is 12.8 Å². The van der Waals surface area contributed by atoms with Crippen LogP contribution in [-0.2, 0) is 0 Å². The first-order valence-corrected chi connectivity index (χ1v) is 6.64. The zero-order valence-electron chi connectivity index (χ0n) is 9.63. The molecule has 0 radical (unpaired) electrons. The average molecular weight is 284 g/mol. The first kappa shape index (κ1) is 11.9. The molecule has 1 aliphatic rings. The first-order chi connectivity index (χ1) is 7.75. The van der Waals surface area contributed by atoms with E-state index in [9.17, 15) is 0 Å². The van der Waals surface area contributed by atoms with Crippen LogP contribution < -0.4 is 10.1 Å².